The zero-order valence-corrected chi connectivity index (χ0v) is 27.1. The summed E-state index contributed by atoms with van der Waals surface area (Å²) < 4.78 is 72.0. The van der Waals surface area contributed by atoms with Crippen molar-refractivity contribution < 1.29 is 53.1 Å². The van der Waals surface area contributed by atoms with Gasteiger partial charge in [-0.3, -0.25) is 0 Å². The molecule has 0 aliphatic heterocycles. The van der Waals surface area contributed by atoms with Crippen LogP contribution >= 0.6 is 0 Å². The van der Waals surface area contributed by atoms with Crippen LogP contribution in [-0.4, -0.2) is 121 Å². The molecule has 0 radical (unpaired) electrons. The molecule has 0 spiro atoms. The van der Waals surface area contributed by atoms with Gasteiger partial charge in [-0.15, -0.1) is 0 Å². The standard InChI is InChI=1S/C18H46O12Si4/c1-14-15-16-17(31(19-2,20-3)21-4)18(32(22-5,23-6)24-7,33(25-8,26-9)27-10)34(28-11,29-12)30-13/h17H,14-16H2,1-13H3. The molecule has 1 atom stereocenters. The molecular formula is C18H46O12Si4. The van der Waals surface area contributed by atoms with E-state index in [2.05, 4.69) is 6.92 Å². The van der Waals surface area contributed by atoms with Gasteiger partial charge >= 0.3 is 35.2 Å². The molecule has 0 aromatic carbocycles. The van der Waals surface area contributed by atoms with Gasteiger partial charge in [0.05, 0.1) is 0 Å². The normalized spacial score (nSPS) is 15.1. The Morgan fingerprint density at radius 1 is 0.471 bits per heavy atom. The lowest BCUT2D eigenvalue weighted by Gasteiger charge is -2.58. The largest absolute Gasteiger partial charge is 0.516 e. The van der Waals surface area contributed by atoms with Gasteiger partial charge in [0.25, 0.3) is 0 Å². The van der Waals surface area contributed by atoms with Crippen LogP contribution in [-0.2, 0) is 53.1 Å². The third-order valence-corrected chi connectivity index (χ3v) is 25.0. The molecule has 0 aromatic rings. The third-order valence-electron chi connectivity index (χ3n) is 6.52. The molecular weight excluding hydrogens is 521 g/mol. The molecule has 0 fully saturated rings. The van der Waals surface area contributed by atoms with Crippen molar-refractivity contribution in [2.45, 2.75) is 36.0 Å². The monoisotopic (exact) mass is 566 g/mol. The van der Waals surface area contributed by atoms with E-state index in [9.17, 15) is 0 Å². The molecule has 0 bridgehead atoms. The zero-order valence-electron chi connectivity index (χ0n) is 23.1. The summed E-state index contributed by atoms with van der Waals surface area (Å²) in [5.74, 6) is 0. The van der Waals surface area contributed by atoms with Crippen molar-refractivity contribution in [3.8, 4) is 0 Å². The second kappa shape index (κ2) is 15.0. The number of hydrogen-bond acceptors (Lipinski definition) is 12. The van der Waals surface area contributed by atoms with Crippen molar-refractivity contribution in [1.29, 1.82) is 0 Å². The fourth-order valence-electron chi connectivity index (χ4n) is 5.15. The third kappa shape index (κ3) is 5.06. The Balaban J connectivity index is 8.44. The minimum atomic E-state index is -4.00. The van der Waals surface area contributed by atoms with Gasteiger partial charge in [0.1, 0.15) is 0 Å². The minimum absolute atomic E-state index is 0.499. The first kappa shape index (κ1) is 34.4. The SMILES string of the molecule is CCCCC(C([Si](OC)(OC)OC)([Si](OC)(OC)OC)[Si](OC)(OC)OC)[Si](OC)(OC)OC. The Morgan fingerprint density at radius 2 is 0.735 bits per heavy atom. The van der Waals surface area contributed by atoms with Gasteiger partial charge in [-0.25, -0.2) is 0 Å². The first-order valence-corrected chi connectivity index (χ1v) is 17.8. The smallest absolute Gasteiger partial charge is 0.377 e. The van der Waals surface area contributed by atoms with E-state index in [0.717, 1.165) is 12.8 Å². The minimum Gasteiger partial charge on any atom is -0.377 e. The van der Waals surface area contributed by atoms with Crippen molar-refractivity contribution in [2.24, 2.45) is 0 Å². The maximum absolute atomic E-state index is 6.15. The van der Waals surface area contributed by atoms with E-state index in [1.54, 1.807) is 0 Å². The molecule has 1 unspecified atom stereocenters. The molecule has 0 N–H and O–H groups in total. The van der Waals surface area contributed by atoms with Crippen LogP contribution in [0.1, 0.15) is 26.2 Å². The molecule has 34 heavy (non-hydrogen) atoms. The molecule has 16 heteroatoms. The molecule has 0 rings (SSSR count). The highest BCUT2D eigenvalue weighted by Crippen LogP contribution is 2.66. The molecule has 0 amide bonds. The number of rotatable bonds is 20. The van der Waals surface area contributed by atoms with Crippen LogP contribution in [0.4, 0.5) is 0 Å². The average molecular weight is 567 g/mol. The van der Waals surface area contributed by atoms with Crippen LogP contribution in [0.2, 0.25) is 9.83 Å². The Morgan fingerprint density at radius 3 is 0.912 bits per heavy atom. The second-order valence-electron chi connectivity index (χ2n) is 7.22. The molecule has 0 aromatic heterocycles. The summed E-state index contributed by atoms with van der Waals surface area (Å²) in [7, 11) is 2.37. The molecule has 12 nitrogen and oxygen atoms in total. The Kier molecular flexibility index (Phi) is 15.1. The van der Waals surface area contributed by atoms with Crippen LogP contribution in [0.5, 0.6) is 0 Å². The summed E-state index contributed by atoms with van der Waals surface area (Å²) >= 11 is 0. The van der Waals surface area contributed by atoms with Gasteiger partial charge in [0.2, 0.25) is 0 Å². The van der Waals surface area contributed by atoms with Crippen molar-refractivity contribution in [1.82, 2.24) is 0 Å². The van der Waals surface area contributed by atoms with Crippen molar-refractivity contribution >= 4 is 35.2 Å². The van der Waals surface area contributed by atoms with Gasteiger partial charge in [-0.2, -0.15) is 0 Å². The van der Waals surface area contributed by atoms with E-state index in [4.69, 9.17) is 53.1 Å². The molecule has 0 saturated heterocycles. The fourth-order valence-corrected chi connectivity index (χ4v) is 26.9. The average Bonchev–Trinajstić information content (AvgIpc) is 2.90. The molecule has 0 aliphatic carbocycles. The van der Waals surface area contributed by atoms with E-state index in [1.165, 1.54) is 85.3 Å². The number of hydrogen-bond donors (Lipinski definition) is 0. The van der Waals surface area contributed by atoms with E-state index < -0.39 is 45.0 Å². The van der Waals surface area contributed by atoms with Gasteiger partial charge in [0.15, 0.2) is 4.28 Å². The van der Waals surface area contributed by atoms with Crippen LogP contribution < -0.4 is 0 Å². The summed E-state index contributed by atoms with van der Waals surface area (Å²) in [6.45, 7) is 2.07. The van der Waals surface area contributed by atoms with Crippen molar-refractivity contribution in [3.05, 3.63) is 0 Å². The summed E-state index contributed by atoms with van der Waals surface area (Å²) in [6, 6.07) is 0. The first-order chi connectivity index (χ1) is 16.2. The Labute approximate surface area is 209 Å². The van der Waals surface area contributed by atoms with Gasteiger partial charge in [-0.1, -0.05) is 19.8 Å². The predicted molar refractivity (Wildman–Crippen MR) is 133 cm³/mol. The Hall–Kier alpha value is 0.388. The van der Waals surface area contributed by atoms with Crippen molar-refractivity contribution in [2.75, 3.05) is 85.3 Å². The maximum atomic E-state index is 6.15. The van der Waals surface area contributed by atoms with Crippen LogP contribution in [0.15, 0.2) is 0 Å². The molecule has 0 saturated carbocycles. The molecule has 0 heterocycles. The highest BCUT2D eigenvalue weighted by molar-refractivity contribution is 7.04. The summed E-state index contributed by atoms with van der Waals surface area (Å²) in [4.78, 5) is 0. The van der Waals surface area contributed by atoms with Crippen LogP contribution in [0.3, 0.4) is 0 Å². The van der Waals surface area contributed by atoms with Gasteiger partial charge in [0, 0.05) is 90.9 Å². The lowest BCUT2D eigenvalue weighted by Crippen LogP contribution is -2.83. The topological polar surface area (TPSA) is 111 Å². The predicted octanol–water partition coefficient (Wildman–Crippen LogP) is 1.88. The second-order valence-corrected chi connectivity index (χ2v) is 21.2. The van der Waals surface area contributed by atoms with Crippen LogP contribution in [0, 0.1) is 0 Å². The lowest BCUT2D eigenvalue weighted by molar-refractivity contribution is 0.0158. The zero-order chi connectivity index (χ0) is 26.7. The maximum Gasteiger partial charge on any atom is 0.516 e. The summed E-state index contributed by atoms with van der Waals surface area (Å²) in [6.07, 6.45) is 2.11. The number of unbranched alkanes of at least 4 members (excludes halogenated alkanes) is 1. The van der Waals surface area contributed by atoms with Gasteiger partial charge < -0.3 is 53.1 Å². The van der Waals surface area contributed by atoms with E-state index in [1.807, 2.05) is 0 Å². The van der Waals surface area contributed by atoms with E-state index >= 15 is 0 Å². The van der Waals surface area contributed by atoms with E-state index in [0.29, 0.717) is 6.42 Å². The first-order valence-electron chi connectivity index (χ1n) is 10.8. The van der Waals surface area contributed by atoms with Crippen molar-refractivity contribution in [3.63, 3.8) is 0 Å². The molecule has 206 valence electrons. The highest BCUT2D eigenvalue weighted by atomic mass is 28.5. The lowest BCUT2D eigenvalue weighted by atomic mass is 10.2. The van der Waals surface area contributed by atoms with E-state index in [-0.39, 0.29) is 0 Å². The molecule has 0 aliphatic rings. The fraction of sp³-hybridized carbons (Fsp3) is 1.00. The Bertz CT molecular complexity index is 474. The van der Waals surface area contributed by atoms with Crippen LogP contribution in [0.25, 0.3) is 0 Å². The van der Waals surface area contributed by atoms with Gasteiger partial charge in [-0.05, 0) is 6.42 Å². The summed E-state index contributed by atoms with van der Waals surface area (Å²) in [5, 5.41) is 0. The summed E-state index contributed by atoms with van der Waals surface area (Å²) in [5.41, 5.74) is -0.676. The quantitative estimate of drug-likeness (QED) is 0.201. The highest BCUT2D eigenvalue weighted by Gasteiger charge is 2.93.